The molecule has 9 heteroatoms. The minimum Gasteiger partial charge on any atom is -0.325 e. The first-order valence-electron chi connectivity index (χ1n) is 9.69. The van der Waals surface area contributed by atoms with Crippen LogP contribution in [0.1, 0.15) is 32.3 Å². The summed E-state index contributed by atoms with van der Waals surface area (Å²) in [7, 11) is -3.53. The van der Waals surface area contributed by atoms with E-state index in [9.17, 15) is 13.2 Å². The third-order valence-corrected chi connectivity index (χ3v) is 7.86. The highest BCUT2D eigenvalue weighted by molar-refractivity contribution is 7.99. The molecule has 0 heterocycles. The van der Waals surface area contributed by atoms with Crippen molar-refractivity contribution in [3.8, 4) is 0 Å². The summed E-state index contributed by atoms with van der Waals surface area (Å²) >= 11 is 13.3. The normalized spacial score (nSPS) is 11.6. The Morgan fingerprint density at radius 3 is 2.20 bits per heavy atom. The van der Waals surface area contributed by atoms with E-state index in [1.165, 1.54) is 28.2 Å². The minimum absolute atomic E-state index is 0.158. The van der Waals surface area contributed by atoms with Gasteiger partial charge in [0.15, 0.2) is 0 Å². The number of benzene rings is 2. The molecular weight excluding hydrogens is 463 g/mol. The van der Waals surface area contributed by atoms with Gasteiger partial charge in [0, 0.05) is 24.5 Å². The van der Waals surface area contributed by atoms with Crippen LogP contribution in [0.2, 0.25) is 10.0 Å². The van der Waals surface area contributed by atoms with Crippen molar-refractivity contribution in [2.75, 3.05) is 24.2 Å². The molecule has 30 heavy (non-hydrogen) atoms. The Labute approximate surface area is 193 Å². The van der Waals surface area contributed by atoms with Crippen molar-refractivity contribution in [1.82, 2.24) is 4.31 Å². The molecule has 164 valence electrons. The molecule has 0 atom stereocenters. The molecule has 0 spiro atoms. The number of thioether (sulfide) groups is 1. The molecule has 1 N–H and O–H groups in total. The number of carbonyl (C=O) groups is 1. The third kappa shape index (κ3) is 7.17. The zero-order valence-corrected chi connectivity index (χ0v) is 20.2. The summed E-state index contributed by atoms with van der Waals surface area (Å²) in [5, 5.41) is 3.78. The number of nitrogens with zero attached hydrogens (tertiary/aromatic N) is 1. The van der Waals surface area contributed by atoms with Crippen molar-refractivity contribution < 1.29 is 13.2 Å². The Bertz CT molecular complexity index is 945. The predicted molar refractivity (Wildman–Crippen MR) is 127 cm³/mol. The van der Waals surface area contributed by atoms with Gasteiger partial charge in [0.2, 0.25) is 15.9 Å². The molecule has 2 aromatic carbocycles. The fourth-order valence-corrected chi connectivity index (χ4v) is 5.52. The minimum atomic E-state index is -3.53. The van der Waals surface area contributed by atoms with Gasteiger partial charge in [-0.25, -0.2) is 8.42 Å². The lowest BCUT2D eigenvalue weighted by atomic mass is 10.2. The molecular formula is C21H26Cl2N2O3S2. The van der Waals surface area contributed by atoms with Crippen LogP contribution in [0.15, 0.2) is 47.4 Å². The smallest absolute Gasteiger partial charge is 0.243 e. The summed E-state index contributed by atoms with van der Waals surface area (Å²) in [5.74, 6) is 0.738. The number of sulfonamides is 1. The van der Waals surface area contributed by atoms with E-state index < -0.39 is 10.0 Å². The Hall–Kier alpha value is -1.25. The molecule has 0 aromatic heterocycles. The van der Waals surface area contributed by atoms with E-state index in [0.717, 1.165) is 18.4 Å². The Kier molecular flexibility index (Phi) is 9.97. The zero-order chi connectivity index (χ0) is 22.1. The number of anilines is 1. The van der Waals surface area contributed by atoms with Crippen LogP contribution in [0.3, 0.4) is 0 Å². The second-order valence-electron chi connectivity index (χ2n) is 6.72. The maximum atomic E-state index is 12.8. The van der Waals surface area contributed by atoms with Gasteiger partial charge in [-0.05, 0) is 54.8 Å². The summed E-state index contributed by atoms with van der Waals surface area (Å²) in [4.78, 5) is 12.4. The third-order valence-electron chi connectivity index (χ3n) is 4.21. The van der Waals surface area contributed by atoms with Crippen LogP contribution in [0.25, 0.3) is 0 Å². The zero-order valence-electron chi connectivity index (χ0n) is 17.0. The largest absolute Gasteiger partial charge is 0.325 e. The van der Waals surface area contributed by atoms with Crippen molar-refractivity contribution in [2.24, 2.45) is 0 Å². The standard InChI is InChI=1S/C21H26Cl2N2O3S2/c1-3-11-25(12-4-2)30(27,28)18-8-6-17(7-9-18)24-21(26)15-29-14-16-5-10-19(22)20(23)13-16/h5-10,13H,3-4,11-12,14-15H2,1-2H3,(H,24,26). The summed E-state index contributed by atoms with van der Waals surface area (Å²) < 4.78 is 27.1. The molecule has 5 nitrogen and oxygen atoms in total. The Morgan fingerprint density at radius 2 is 1.63 bits per heavy atom. The molecule has 0 radical (unpaired) electrons. The van der Waals surface area contributed by atoms with Crippen LogP contribution in [-0.4, -0.2) is 37.5 Å². The number of hydrogen-bond donors (Lipinski definition) is 1. The van der Waals surface area contributed by atoms with Crippen molar-refractivity contribution in [3.05, 3.63) is 58.1 Å². The summed E-state index contributed by atoms with van der Waals surface area (Å²) in [6.07, 6.45) is 1.51. The second-order valence-corrected chi connectivity index (χ2v) is 10.5. The van der Waals surface area contributed by atoms with Crippen LogP contribution in [0, 0.1) is 0 Å². The van der Waals surface area contributed by atoms with Gasteiger partial charge >= 0.3 is 0 Å². The van der Waals surface area contributed by atoms with Crippen LogP contribution in [-0.2, 0) is 20.6 Å². The Morgan fingerprint density at radius 1 is 1.00 bits per heavy atom. The van der Waals surface area contributed by atoms with Gasteiger partial charge in [0.25, 0.3) is 0 Å². The average molecular weight is 489 g/mol. The first-order valence-corrected chi connectivity index (χ1v) is 13.0. The highest BCUT2D eigenvalue weighted by Crippen LogP contribution is 2.25. The van der Waals surface area contributed by atoms with Gasteiger partial charge < -0.3 is 5.32 Å². The number of halogens is 2. The van der Waals surface area contributed by atoms with Crippen LogP contribution >= 0.6 is 35.0 Å². The lowest BCUT2D eigenvalue weighted by Gasteiger charge is -2.21. The first-order chi connectivity index (χ1) is 14.3. The molecule has 0 saturated carbocycles. The SMILES string of the molecule is CCCN(CCC)S(=O)(=O)c1ccc(NC(=O)CSCc2ccc(Cl)c(Cl)c2)cc1. The predicted octanol–water partition coefficient (Wildman–Crippen LogP) is 5.68. The van der Waals surface area contributed by atoms with Crippen molar-refractivity contribution in [2.45, 2.75) is 37.3 Å². The van der Waals surface area contributed by atoms with Gasteiger partial charge in [0.1, 0.15) is 0 Å². The number of carbonyl (C=O) groups excluding carboxylic acids is 1. The fraction of sp³-hybridized carbons (Fsp3) is 0.381. The molecule has 0 aliphatic heterocycles. The highest BCUT2D eigenvalue weighted by Gasteiger charge is 2.22. The van der Waals surface area contributed by atoms with Gasteiger partial charge in [-0.15, -0.1) is 11.8 Å². The van der Waals surface area contributed by atoms with E-state index in [2.05, 4.69) is 5.32 Å². The van der Waals surface area contributed by atoms with Gasteiger partial charge in [-0.2, -0.15) is 4.31 Å². The average Bonchev–Trinajstić information content (AvgIpc) is 2.71. The van der Waals surface area contributed by atoms with Crippen LogP contribution in [0.4, 0.5) is 5.69 Å². The number of amides is 1. The van der Waals surface area contributed by atoms with Crippen molar-refractivity contribution in [3.63, 3.8) is 0 Å². The molecule has 1 amide bonds. The van der Waals surface area contributed by atoms with E-state index in [4.69, 9.17) is 23.2 Å². The molecule has 0 bridgehead atoms. The summed E-state index contributed by atoms with van der Waals surface area (Å²) in [6.45, 7) is 4.89. The highest BCUT2D eigenvalue weighted by atomic mass is 35.5. The molecule has 0 fully saturated rings. The van der Waals surface area contributed by atoms with E-state index in [1.807, 2.05) is 19.9 Å². The van der Waals surface area contributed by atoms with Gasteiger partial charge in [0.05, 0.1) is 20.7 Å². The van der Waals surface area contributed by atoms with E-state index in [0.29, 0.717) is 34.6 Å². The summed E-state index contributed by atoms with van der Waals surface area (Å²) in [6, 6.07) is 11.7. The van der Waals surface area contributed by atoms with Crippen molar-refractivity contribution in [1.29, 1.82) is 0 Å². The number of rotatable bonds is 11. The maximum absolute atomic E-state index is 12.8. The van der Waals surface area contributed by atoms with Crippen LogP contribution in [0.5, 0.6) is 0 Å². The molecule has 0 aliphatic rings. The molecule has 0 unspecified atom stereocenters. The van der Waals surface area contributed by atoms with E-state index in [-0.39, 0.29) is 16.6 Å². The fourth-order valence-electron chi connectivity index (χ4n) is 2.80. The quantitative estimate of drug-likeness (QED) is 0.441. The van der Waals surface area contributed by atoms with E-state index >= 15 is 0 Å². The van der Waals surface area contributed by atoms with Gasteiger partial charge in [-0.1, -0.05) is 43.1 Å². The topological polar surface area (TPSA) is 66.5 Å². The van der Waals surface area contributed by atoms with Gasteiger partial charge in [-0.3, -0.25) is 4.79 Å². The lowest BCUT2D eigenvalue weighted by Crippen LogP contribution is -2.32. The maximum Gasteiger partial charge on any atom is 0.243 e. The van der Waals surface area contributed by atoms with E-state index in [1.54, 1.807) is 24.3 Å². The number of nitrogens with one attached hydrogen (secondary N) is 1. The molecule has 0 aliphatic carbocycles. The molecule has 2 aromatic rings. The monoisotopic (exact) mass is 488 g/mol. The molecule has 0 saturated heterocycles. The first kappa shape index (κ1) is 25.0. The lowest BCUT2D eigenvalue weighted by molar-refractivity contribution is -0.113. The second kappa shape index (κ2) is 12.0. The van der Waals surface area contributed by atoms with Crippen LogP contribution < -0.4 is 5.32 Å². The number of hydrogen-bond acceptors (Lipinski definition) is 4. The van der Waals surface area contributed by atoms with Crippen molar-refractivity contribution >= 4 is 56.6 Å². The summed E-state index contributed by atoms with van der Waals surface area (Å²) in [5.41, 5.74) is 1.55. The Balaban J connectivity index is 1.91. The molecule has 2 rings (SSSR count).